The molecule has 138 valence electrons. The molecule has 27 heavy (non-hydrogen) atoms. The van der Waals surface area contributed by atoms with E-state index in [0.717, 1.165) is 16.5 Å². The highest BCUT2D eigenvalue weighted by Crippen LogP contribution is 2.33. The van der Waals surface area contributed by atoms with E-state index in [4.69, 9.17) is 0 Å². The average Bonchev–Trinajstić information content (AvgIpc) is 3.04. The Bertz CT molecular complexity index is 999. The van der Waals surface area contributed by atoms with Crippen molar-refractivity contribution < 1.29 is 14.7 Å². The molecular formula is C22H22N2O3. The molecule has 1 amide bonds. The van der Waals surface area contributed by atoms with E-state index in [9.17, 15) is 14.7 Å². The zero-order chi connectivity index (χ0) is 19.0. The van der Waals surface area contributed by atoms with Crippen LogP contribution in [0, 0.1) is 6.92 Å². The number of benzene rings is 2. The zero-order valence-corrected chi connectivity index (χ0v) is 15.2. The van der Waals surface area contributed by atoms with E-state index < -0.39 is 17.3 Å². The molecule has 2 aromatic carbocycles. The van der Waals surface area contributed by atoms with E-state index in [1.165, 1.54) is 0 Å². The molecule has 0 bridgehead atoms. The number of aryl methyl sites for hydroxylation is 1. The highest BCUT2D eigenvalue weighted by Gasteiger charge is 2.37. The summed E-state index contributed by atoms with van der Waals surface area (Å²) in [6.45, 7) is 2.53. The normalized spacial score (nSPS) is 16.4. The number of nitrogens with one attached hydrogen (secondary N) is 1. The third-order valence-corrected chi connectivity index (χ3v) is 5.50. The minimum Gasteiger partial charge on any atom is -0.385 e. The van der Waals surface area contributed by atoms with Crippen molar-refractivity contribution in [3.63, 3.8) is 0 Å². The van der Waals surface area contributed by atoms with E-state index in [0.29, 0.717) is 37.2 Å². The van der Waals surface area contributed by atoms with Gasteiger partial charge in [-0.25, -0.2) is 0 Å². The van der Waals surface area contributed by atoms with E-state index in [1.54, 1.807) is 4.90 Å². The third-order valence-electron chi connectivity index (χ3n) is 5.50. The fourth-order valence-corrected chi connectivity index (χ4v) is 3.94. The largest absolute Gasteiger partial charge is 0.385 e. The van der Waals surface area contributed by atoms with Crippen LogP contribution in [0.4, 0.5) is 0 Å². The van der Waals surface area contributed by atoms with Gasteiger partial charge in [0.25, 0.3) is 11.7 Å². The van der Waals surface area contributed by atoms with Crippen LogP contribution in [0.2, 0.25) is 0 Å². The van der Waals surface area contributed by atoms with Gasteiger partial charge in [-0.3, -0.25) is 9.59 Å². The molecule has 0 saturated carbocycles. The Morgan fingerprint density at radius 1 is 1.00 bits per heavy atom. The third kappa shape index (κ3) is 3.04. The molecule has 0 unspecified atom stereocenters. The average molecular weight is 362 g/mol. The summed E-state index contributed by atoms with van der Waals surface area (Å²) >= 11 is 0. The molecule has 1 fully saturated rings. The number of carbonyl (C=O) groups is 2. The summed E-state index contributed by atoms with van der Waals surface area (Å²) in [5, 5.41) is 11.7. The maximum atomic E-state index is 12.9. The Morgan fingerprint density at radius 3 is 2.33 bits per heavy atom. The second kappa shape index (κ2) is 6.67. The number of hydrogen-bond acceptors (Lipinski definition) is 3. The summed E-state index contributed by atoms with van der Waals surface area (Å²) in [5.41, 5.74) is 1.91. The Hall–Kier alpha value is -2.92. The molecule has 1 aromatic heterocycles. The number of para-hydroxylation sites is 1. The lowest BCUT2D eigenvalue weighted by Crippen LogP contribution is -2.47. The number of Topliss-reactive ketones (excluding diaryl/α,β-unsaturated/α-hetero) is 1. The molecule has 5 heteroatoms. The number of aromatic nitrogens is 1. The number of piperidine rings is 1. The molecule has 1 aliphatic heterocycles. The van der Waals surface area contributed by atoms with E-state index in [1.807, 2.05) is 61.5 Å². The fourth-order valence-electron chi connectivity index (χ4n) is 3.94. The van der Waals surface area contributed by atoms with Crippen molar-refractivity contribution in [3.05, 3.63) is 71.4 Å². The highest BCUT2D eigenvalue weighted by molar-refractivity contribution is 6.45. The number of likely N-dealkylation sites (tertiary alicyclic amines) is 1. The molecule has 0 spiro atoms. The summed E-state index contributed by atoms with van der Waals surface area (Å²) in [6, 6.07) is 17.0. The molecular weight excluding hydrogens is 340 g/mol. The van der Waals surface area contributed by atoms with Gasteiger partial charge in [0.05, 0.1) is 11.2 Å². The van der Waals surface area contributed by atoms with E-state index in [2.05, 4.69) is 4.98 Å². The Balaban J connectivity index is 1.53. The predicted octanol–water partition coefficient (Wildman–Crippen LogP) is 3.17. The number of H-pyrrole nitrogens is 1. The van der Waals surface area contributed by atoms with Gasteiger partial charge < -0.3 is 15.0 Å². The van der Waals surface area contributed by atoms with Crippen LogP contribution in [0.1, 0.15) is 34.5 Å². The summed E-state index contributed by atoms with van der Waals surface area (Å²) in [6.07, 6.45) is 0.839. The molecule has 0 aliphatic carbocycles. The van der Waals surface area contributed by atoms with E-state index in [-0.39, 0.29) is 0 Å². The monoisotopic (exact) mass is 362 g/mol. The molecule has 5 nitrogen and oxygen atoms in total. The fraction of sp³-hybridized carbons (Fsp3) is 0.273. The van der Waals surface area contributed by atoms with Crippen molar-refractivity contribution in [2.24, 2.45) is 0 Å². The number of aliphatic hydroxyl groups is 1. The number of nitrogens with zero attached hydrogens (tertiary/aromatic N) is 1. The minimum atomic E-state index is -0.947. The van der Waals surface area contributed by atoms with Crippen molar-refractivity contribution in [2.75, 3.05) is 13.1 Å². The van der Waals surface area contributed by atoms with Crippen LogP contribution in [-0.2, 0) is 10.4 Å². The number of hydrogen-bond donors (Lipinski definition) is 2. The lowest BCUT2D eigenvalue weighted by Gasteiger charge is -2.38. The van der Waals surface area contributed by atoms with Crippen molar-refractivity contribution in [2.45, 2.75) is 25.4 Å². The summed E-state index contributed by atoms with van der Waals surface area (Å²) in [5.74, 6) is -0.993. The van der Waals surface area contributed by atoms with Crippen LogP contribution in [0.25, 0.3) is 10.9 Å². The van der Waals surface area contributed by atoms with Gasteiger partial charge in [-0.1, -0.05) is 48.5 Å². The number of rotatable bonds is 3. The summed E-state index contributed by atoms with van der Waals surface area (Å²) in [7, 11) is 0. The van der Waals surface area contributed by atoms with Crippen LogP contribution in [0.15, 0.2) is 54.6 Å². The standard InChI is InChI=1S/C22H22N2O3/c1-15-19(17-9-5-6-10-18(17)23-15)20(25)21(26)24-13-11-22(27,12-14-24)16-7-3-2-4-8-16/h2-10,23,27H,11-14H2,1H3. The molecule has 2 heterocycles. The summed E-state index contributed by atoms with van der Waals surface area (Å²) in [4.78, 5) is 30.4. The van der Waals surface area contributed by atoms with Gasteiger partial charge in [-0.05, 0) is 31.4 Å². The van der Waals surface area contributed by atoms with Crippen molar-refractivity contribution >= 4 is 22.6 Å². The van der Waals surface area contributed by atoms with Gasteiger partial charge in [0, 0.05) is 29.7 Å². The molecule has 4 rings (SSSR count). The maximum Gasteiger partial charge on any atom is 0.295 e. The molecule has 1 aliphatic rings. The van der Waals surface area contributed by atoms with Crippen LogP contribution in [-0.4, -0.2) is 39.8 Å². The number of carbonyl (C=O) groups excluding carboxylic acids is 2. The van der Waals surface area contributed by atoms with Gasteiger partial charge in [-0.15, -0.1) is 0 Å². The van der Waals surface area contributed by atoms with Crippen LogP contribution in [0.3, 0.4) is 0 Å². The molecule has 3 aromatic rings. The van der Waals surface area contributed by atoms with Crippen molar-refractivity contribution in [1.82, 2.24) is 9.88 Å². The van der Waals surface area contributed by atoms with Crippen molar-refractivity contribution in [1.29, 1.82) is 0 Å². The van der Waals surface area contributed by atoms with Crippen LogP contribution < -0.4 is 0 Å². The zero-order valence-electron chi connectivity index (χ0n) is 15.2. The summed E-state index contributed by atoms with van der Waals surface area (Å²) < 4.78 is 0. The second-order valence-electron chi connectivity index (χ2n) is 7.19. The number of amides is 1. The molecule has 0 atom stereocenters. The predicted molar refractivity (Wildman–Crippen MR) is 104 cm³/mol. The highest BCUT2D eigenvalue weighted by atomic mass is 16.3. The van der Waals surface area contributed by atoms with Gasteiger partial charge >= 0.3 is 0 Å². The first-order valence-corrected chi connectivity index (χ1v) is 9.18. The number of ketones is 1. The van der Waals surface area contributed by atoms with Gasteiger partial charge in [0.2, 0.25) is 0 Å². The van der Waals surface area contributed by atoms with Crippen molar-refractivity contribution in [3.8, 4) is 0 Å². The minimum absolute atomic E-state index is 0.359. The first-order valence-electron chi connectivity index (χ1n) is 9.18. The van der Waals surface area contributed by atoms with Gasteiger partial charge in [0.15, 0.2) is 0 Å². The van der Waals surface area contributed by atoms with Crippen LogP contribution >= 0.6 is 0 Å². The van der Waals surface area contributed by atoms with Gasteiger partial charge in [-0.2, -0.15) is 0 Å². The van der Waals surface area contributed by atoms with Gasteiger partial charge in [0.1, 0.15) is 0 Å². The number of fused-ring (bicyclic) bond motifs is 1. The topological polar surface area (TPSA) is 73.4 Å². The Labute approximate surface area is 157 Å². The lowest BCUT2D eigenvalue weighted by molar-refractivity contribution is -0.130. The first kappa shape index (κ1) is 17.5. The molecule has 1 saturated heterocycles. The quantitative estimate of drug-likeness (QED) is 0.555. The number of aromatic amines is 1. The molecule has 0 radical (unpaired) electrons. The SMILES string of the molecule is Cc1[nH]c2ccccc2c1C(=O)C(=O)N1CCC(O)(c2ccccc2)CC1. The smallest absolute Gasteiger partial charge is 0.295 e. The second-order valence-corrected chi connectivity index (χ2v) is 7.19. The first-order chi connectivity index (χ1) is 13.0. The lowest BCUT2D eigenvalue weighted by atomic mass is 9.84. The van der Waals surface area contributed by atoms with Crippen LogP contribution in [0.5, 0.6) is 0 Å². The molecule has 2 N–H and O–H groups in total. The Morgan fingerprint density at radius 2 is 1.63 bits per heavy atom. The maximum absolute atomic E-state index is 12.9. The van der Waals surface area contributed by atoms with E-state index >= 15 is 0 Å². The Kier molecular flexibility index (Phi) is 4.32.